The fourth-order valence-electron chi connectivity index (χ4n) is 2.42. The Morgan fingerprint density at radius 3 is 2.94 bits per heavy atom. The van der Waals surface area contributed by atoms with E-state index in [1.807, 2.05) is 6.92 Å². The van der Waals surface area contributed by atoms with E-state index in [9.17, 15) is 0 Å². The van der Waals surface area contributed by atoms with Crippen LogP contribution in [-0.2, 0) is 13.0 Å². The molecule has 4 heteroatoms. The molecule has 0 aliphatic carbocycles. The molecule has 1 unspecified atom stereocenters. The Balaban J connectivity index is 2.20. The smallest absolute Gasteiger partial charge is 0.164 e. The van der Waals surface area contributed by atoms with Crippen LogP contribution < -0.4 is 5.73 Å². The van der Waals surface area contributed by atoms with Crippen molar-refractivity contribution in [2.75, 3.05) is 0 Å². The average Bonchev–Trinajstić information content (AvgIpc) is 2.72. The van der Waals surface area contributed by atoms with Crippen LogP contribution in [0.5, 0.6) is 0 Å². The van der Waals surface area contributed by atoms with Crippen LogP contribution in [0.3, 0.4) is 0 Å². The zero-order valence-corrected chi connectivity index (χ0v) is 10.1. The second-order valence-electron chi connectivity index (χ2n) is 4.73. The summed E-state index contributed by atoms with van der Waals surface area (Å²) in [6.45, 7) is 4.97. The van der Waals surface area contributed by atoms with Crippen LogP contribution in [0.4, 0.5) is 0 Å². The van der Waals surface area contributed by atoms with Gasteiger partial charge in [0.15, 0.2) is 5.82 Å². The third-order valence-corrected chi connectivity index (χ3v) is 3.30. The van der Waals surface area contributed by atoms with Gasteiger partial charge < -0.3 is 10.3 Å². The second-order valence-corrected chi connectivity index (χ2v) is 4.73. The van der Waals surface area contributed by atoms with Crippen LogP contribution in [0.25, 0.3) is 11.4 Å². The molecule has 0 radical (unpaired) electrons. The topological polar surface area (TPSA) is 56.7 Å². The molecule has 2 N–H and O–H groups in total. The molecule has 1 aromatic heterocycles. The lowest BCUT2D eigenvalue weighted by Crippen LogP contribution is -2.18. The summed E-state index contributed by atoms with van der Waals surface area (Å²) in [7, 11) is 0. The summed E-state index contributed by atoms with van der Waals surface area (Å²) < 4.78 is 2.15. The van der Waals surface area contributed by atoms with Crippen molar-refractivity contribution in [3.8, 4) is 11.4 Å². The van der Waals surface area contributed by atoms with Gasteiger partial charge in [-0.15, -0.1) is 10.2 Å². The van der Waals surface area contributed by atoms with Crippen LogP contribution in [0, 0.1) is 6.92 Å². The van der Waals surface area contributed by atoms with Gasteiger partial charge in [-0.2, -0.15) is 0 Å². The van der Waals surface area contributed by atoms with E-state index in [0.29, 0.717) is 0 Å². The number of nitrogens with zero attached hydrogens (tertiary/aromatic N) is 3. The Labute approximate surface area is 100 Å². The van der Waals surface area contributed by atoms with Gasteiger partial charge in [0.05, 0.1) is 6.04 Å². The highest BCUT2D eigenvalue weighted by molar-refractivity contribution is 5.63. The minimum atomic E-state index is -0.0670. The predicted molar refractivity (Wildman–Crippen MR) is 66.5 cm³/mol. The highest BCUT2D eigenvalue weighted by Gasteiger charge is 2.22. The predicted octanol–water partition coefficient (Wildman–Crippen LogP) is 1.83. The van der Waals surface area contributed by atoms with E-state index in [4.69, 9.17) is 5.73 Å². The quantitative estimate of drug-likeness (QED) is 0.810. The first-order chi connectivity index (χ1) is 8.16. The standard InChI is InChI=1S/C13H16N4/c1-8-3-4-10-5-6-17-12(9(2)14)15-16-13(17)11(10)7-8/h3-4,7,9H,5-6,14H2,1-2H3. The molecule has 2 heterocycles. The third-order valence-electron chi connectivity index (χ3n) is 3.30. The van der Waals surface area contributed by atoms with Crippen molar-refractivity contribution >= 4 is 0 Å². The number of hydrogen-bond acceptors (Lipinski definition) is 3. The van der Waals surface area contributed by atoms with Crippen molar-refractivity contribution in [3.05, 3.63) is 35.2 Å². The van der Waals surface area contributed by atoms with Crippen LogP contribution in [0.2, 0.25) is 0 Å². The minimum absolute atomic E-state index is 0.0670. The van der Waals surface area contributed by atoms with E-state index in [-0.39, 0.29) is 6.04 Å². The van der Waals surface area contributed by atoms with Gasteiger partial charge in [0.2, 0.25) is 0 Å². The number of benzene rings is 1. The number of aryl methyl sites for hydroxylation is 2. The van der Waals surface area contributed by atoms with E-state index < -0.39 is 0 Å². The maximum absolute atomic E-state index is 5.91. The summed E-state index contributed by atoms with van der Waals surface area (Å²) in [4.78, 5) is 0. The van der Waals surface area contributed by atoms with Crippen molar-refractivity contribution in [1.29, 1.82) is 0 Å². The molecular formula is C13H16N4. The molecule has 3 rings (SSSR count). The molecule has 1 aliphatic rings. The van der Waals surface area contributed by atoms with E-state index in [2.05, 4.69) is 39.9 Å². The van der Waals surface area contributed by atoms with Crippen molar-refractivity contribution in [3.63, 3.8) is 0 Å². The van der Waals surface area contributed by atoms with Gasteiger partial charge in [0, 0.05) is 12.1 Å². The van der Waals surface area contributed by atoms with Crippen LogP contribution >= 0.6 is 0 Å². The lowest BCUT2D eigenvalue weighted by molar-refractivity contribution is 0.603. The first kappa shape index (κ1) is 10.5. The Morgan fingerprint density at radius 1 is 1.35 bits per heavy atom. The Hall–Kier alpha value is -1.68. The highest BCUT2D eigenvalue weighted by Crippen LogP contribution is 2.30. The summed E-state index contributed by atoms with van der Waals surface area (Å²) in [5, 5.41) is 8.51. The molecule has 0 bridgehead atoms. The number of fused-ring (bicyclic) bond motifs is 3. The first-order valence-electron chi connectivity index (χ1n) is 5.95. The third kappa shape index (κ3) is 1.56. The van der Waals surface area contributed by atoms with Gasteiger partial charge in [0.1, 0.15) is 5.82 Å². The molecule has 2 aromatic rings. The Morgan fingerprint density at radius 2 is 2.18 bits per heavy atom. The van der Waals surface area contributed by atoms with Crippen LogP contribution in [0.1, 0.15) is 29.9 Å². The van der Waals surface area contributed by atoms with Crippen molar-refractivity contribution < 1.29 is 0 Å². The van der Waals surface area contributed by atoms with E-state index >= 15 is 0 Å². The van der Waals surface area contributed by atoms with Gasteiger partial charge in [-0.1, -0.05) is 17.7 Å². The van der Waals surface area contributed by atoms with E-state index in [1.54, 1.807) is 0 Å². The molecule has 1 aromatic carbocycles. The van der Waals surface area contributed by atoms with Gasteiger partial charge in [0.25, 0.3) is 0 Å². The minimum Gasteiger partial charge on any atom is -0.322 e. The Kier molecular flexibility index (Phi) is 2.26. The monoisotopic (exact) mass is 228 g/mol. The summed E-state index contributed by atoms with van der Waals surface area (Å²) in [5.41, 5.74) is 9.72. The SMILES string of the molecule is Cc1ccc2c(c1)-c1nnc(C(C)N)n1CC2. The molecular weight excluding hydrogens is 212 g/mol. The second kappa shape index (κ2) is 3.67. The Bertz CT molecular complexity index is 569. The lowest BCUT2D eigenvalue weighted by Gasteiger charge is -2.19. The van der Waals surface area contributed by atoms with Crippen molar-refractivity contribution in [2.24, 2.45) is 5.73 Å². The molecule has 1 atom stereocenters. The maximum Gasteiger partial charge on any atom is 0.164 e. The zero-order chi connectivity index (χ0) is 12.0. The van der Waals surface area contributed by atoms with Crippen molar-refractivity contribution in [2.45, 2.75) is 32.9 Å². The fraction of sp³-hybridized carbons (Fsp3) is 0.385. The maximum atomic E-state index is 5.91. The molecule has 0 saturated heterocycles. The first-order valence-corrected chi connectivity index (χ1v) is 5.95. The van der Waals surface area contributed by atoms with Crippen LogP contribution in [0.15, 0.2) is 18.2 Å². The van der Waals surface area contributed by atoms with Gasteiger partial charge in [-0.05, 0) is 31.9 Å². The van der Waals surface area contributed by atoms with Gasteiger partial charge in [-0.3, -0.25) is 0 Å². The summed E-state index contributed by atoms with van der Waals surface area (Å²) in [5.74, 6) is 1.84. The molecule has 1 aliphatic heterocycles. The number of aromatic nitrogens is 3. The van der Waals surface area contributed by atoms with Gasteiger partial charge in [-0.25, -0.2) is 0 Å². The number of nitrogens with two attached hydrogens (primary N) is 1. The summed E-state index contributed by atoms with van der Waals surface area (Å²) >= 11 is 0. The number of rotatable bonds is 1. The van der Waals surface area contributed by atoms with Gasteiger partial charge >= 0.3 is 0 Å². The average molecular weight is 228 g/mol. The largest absolute Gasteiger partial charge is 0.322 e. The van der Waals surface area contributed by atoms with E-state index in [0.717, 1.165) is 24.6 Å². The fourth-order valence-corrected chi connectivity index (χ4v) is 2.42. The normalized spacial score (nSPS) is 15.2. The molecule has 0 saturated carbocycles. The summed E-state index contributed by atoms with van der Waals surface area (Å²) in [6.07, 6.45) is 1.03. The molecule has 4 nitrogen and oxygen atoms in total. The molecule has 17 heavy (non-hydrogen) atoms. The molecule has 0 spiro atoms. The number of hydrogen-bond donors (Lipinski definition) is 1. The molecule has 0 fully saturated rings. The van der Waals surface area contributed by atoms with Crippen molar-refractivity contribution in [1.82, 2.24) is 14.8 Å². The molecule has 88 valence electrons. The van der Waals surface area contributed by atoms with E-state index in [1.165, 1.54) is 16.7 Å². The highest BCUT2D eigenvalue weighted by atomic mass is 15.3. The van der Waals surface area contributed by atoms with Crippen LogP contribution in [-0.4, -0.2) is 14.8 Å². The lowest BCUT2D eigenvalue weighted by atomic mass is 9.98. The molecule has 0 amide bonds. The summed E-state index contributed by atoms with van der Waals surface area (Å²) in [6, 6.07) is 6.45. The zero-order valence-electron chi connectivity index (χ0n) is 10.1.